The normalized spacial score (nSPS) is 7.60. The van der Waals surface area contributed by atoms with Crippen LogP contribution in [0.5, 0.6) is 0 Å². The molecule has 0 aliphatic heterocycles. The van der Waals surface area contributed by atoms with E-state index in [0.717, 1.165) is 0 Å². The van der Waals surface area contributed by atoms with E-state index in [1.807, 2.05) is 0 Å². The molecule has 4 radical (unpaired) electrons. The van der Waals surface area contributed by atoms with Gasteiger partial charge in [-0.1, -0.05) is 27.0 Å². The fraction of sp³-hybridized carbons (Fsp3) is 0.400. The van der Waals surface area contributed by atoms with Crippen LogP contribution in [0.1, 0.15) is 26.7 Å². The van der Waals surface area contributed by atoms with Crippen molar-refractivity contribution >= 4 is 11.9 Å². The highest BCUT2D eigenvalue weighted by Gasteiger charge is 2.00. The molecule has 0 fully saturated rings. The topological polar surface area (TPSA) is 109 Å². The number of carboxylic acids is 2. The van der Waals surface area contributed by atoms with E-state index in [0.29, 0.717) is 12.8 Å². The molecule has 0 aliphatic carbocycles. The number of rotatable bonds is 4. The Kier molecular flexibility index (Phi) is 13.3. The minimum absolute atomic E-state index is 0. The average Bonchev–Trinajstić information content (AvgIpc) is 2.15. The second-order valence-electron chi connectivity index (χ2n) is 2.49. The quantitative estimate of drug-likeness (QED) is 0.575. The number of carbonyl (C=O) groups excluding carboxylic acids is 2. The van der Waals surface area contributed by atoms with Crippen molar-refractivity contribution in [3.05, 3.63) is 24.3 Å². The van der Waals surface area contributed by atoms with Gasteiger partial charge in [-0.05, 0) is 24.0 Å². The second kappa shape index (κ2) is 10.5. The summed E-state index contributed by atoms with van der Waals surface area (Å²) in [6.45, 7) is 9.86. The first-order chi connectivity index (χ1) is 6.36. The Morgan fingerprint density at radius 1 is 0.933 bits per heavy atom. The van der Waals surface area contributed by atoms with Crippen LogP contribution < -0.4 is 10.2 Å². The first-order valence-corrected chi connectivity index (χ1v) is 4.14. The molecule has 15 heavy (non-hydrogen) atoms. The second-order valence-corrected chi connectivity index (χ2v) is 2.49. The summed E-state index contributed by atoms with van der Waals surface area (Å²) in [5.74, 6) is -2.30. The van der Waals surface area contributed by atoms with Crippen molar-refractivity contribution in [3.63, 3.8) is 0 Å². The molecule has 0 bridgehead atoms. The molecule has 0 heterocycles. The van der Waals surface area contributed by atoms with E-state index in [1.54, 1.807) is 13.8 Å². The van der Waals surface area contributed by atoms with Crippen molar-refractivity contribution in [1.29, 1.82) is 0 Å². The van der Waals surface area contributed by atoms with Crippen molar-refractivity contribution in [2.45, 2.75) is 26.7 Å². The molecule has 0 unspecified atom stereocenters. The maximum Gasteiger partial charge on any atom is 2.00 e. The largest absolute Gasteiger partial charge is 2.00 e. The molecule has 0 aromatic carbocycles. The van der Waals surface area contributed by atoms with Gasteiger partial charge >= 0.3 is 5.48 Å². The standard InChI is InChI=1S/2C5H8O2.O/c2*1-3-4(2)5(6)7;/h2*2-3H2,1H3,(H,6,7);/q;;+2/p-2. The molecular formula is C10H14O5. The summed E-state index contributed by atoms with van der Waals surface area (Å²) in [7, 11) is 0. The van der Waals surface area contributed by atoms with Crippen LogP contribution in [0.4, 0.5) is 0 Å². The zero-order valence-electron chi connectivity index (χ0n) is 8.87. The highest BCUT2D eigenvalue weighted by Crippen LogP contribution is 1.91. The Bertz CT molecular complexity index is 216. The van der Waals surface area contributed by atoms with Gasteiger partial charge in [0.25, 0.3) is 0 Å². The zero-order chi connectivity index (χ0) is 11.7. The van der Waals surface area contributed by atoms with Gasteiger partial charge in [-0.2, -0.15) is 0 Å². The van der Waals surface area contributed by atoms with Crippen LogP contribution in [0.25, 0.3) is 0 Å². The molecule has 5 nitrogen and oxygen atoms in total. The highest BCUT2D eigenvalue weighted by molar-refractivity contribution is 5.83. The Morgan fingerprint density at radius 2 is 1.13 bits per heavy atom. The Hall–Kier alpha value is -1.62. The summed E-state index contributed by atoms with van der Waals surface area (Å²) in [4.78, 5) is 19.4. The third kappa shape index (κ3) is 12.4. The Balaban J connectivity index is -0.000000180. The van der Waals surface area contributed by atoms with Gasteiger partial charge in [0.15, 0.2) is 0 Å². The van der Waals surface area contributed by atoms with E-state index in [4.69, 9.17) is 0 Å². The molecule has 0 aliphatic rings. The van der Waals surface area contributed by atoms with Crippen molar-refractivity contribution in [2.24, 2.45) is 0 Å². The molecule has 0 aromatic heterocycles. The van der Waals surface area contributed by atoms with Gasteiger partial charge in [0.05, 0.1) is 11.9 Å². The van der Waals surface area contributed by atoms with Crippen LogP contribution in [0, 0.1) is 0 Å². The number of carboxylic acid groups (broad SMARTS) is 2. The number of carbonyl (C=O) groups is 2. The average molecular weight is 214 g/mol. The number of hydrogen-bond acceptors (Lipinski definition) is 4. The van der Waals surface area contributed by atoms with E-state index in [2.05, 4.69) is 13.2 Å². The van der Waals surface area contributed by atoms with Crippen molar-refractivity contribution in [3.8, 4) is 0 Å². The third-order valence-corrected chi connectivity index (χ3v) is 1.43. The zero-order valence-corrected chi connectivity index (χ0v) is 8.87. The van der Waals surface area contributed by atoms with E-state index < -0.39 is 11.9 Å². The summed E-state index contributed by atoms with van der Waals surface area (Å²) in [6.07, 6.45) is 0.921. The van der Waals surface area contributed by atoms with E-state index in [1.165, 1.54) is 0 Å². The van der Waals surface area contributed by atoms with Crippen LogP contribution in [0.2, 0.25) is 0 Å². The third-order valence-electron chi connectivity index (χ3n) is 1.43. The molecular weight excluding hydrogens is 200 g/mol. The lowest BCUT2D eigenvalue weighted by atomic mass is 10.2. The van der Waals surface area contributed by atoms with E-state index in [-0.39, 0.29) is 16.6 Å². The maximum absolute atomic E-state index is 9.72. The van der Waals surface area contributed by atoms with Gasteiger partial charge < -0.3 is 19.8 Å². The molecule has 0 saturated heterocycles. The monoisotopic (exact) mass is 214 g/mol. The minimum atomic E-state index is -1.15. The first-order valence-electron chi connectivity index (χ1n) is 4.14. The van der Waals surface area contributed by atoms with Gasteiger partial charge in [-0.25, -0.2) is 0 Å². The Morgan fingerprint density at radius 3 is 1.13 bits per heavy atom. The van der Waals surface area contributed by atoms with Gasteiger partial charge in [0.2, 0.25) is 0 Å². The molecule has 84 valence electrons. The fourth-order valence-electron chi connectivity index (χ4n) is 0.289. The molecule has 0 atom stereocenters. The van der Waals surface area contributed by atoms with Crippen LogP contribution in [-0.2, 0) is 15.1 Å². The van der Waals surface area contributed by atoms with Crippen molar-refractivity contribution in [1.82, 2.24) is 0 Å². The summed E-state index contributed by atoms with van der Waals surface area (Å²) >= 11 is 0. The van der Waals surface area contributed by atoms with Crippen molar-refractivity contribution < 1.29 is 25.3 Å². The summed E-state index contributed by atoms with van der Waals surface area (Å²) < 4.78 is 0. The van der Waals surface area contributed by atoms with Gasteiger partial charge in [0, 0.05) is 0 Å². The summed E-state index contributed by atoms with van der Waals surface area (Å²) in [5.41, 5.74) is 0.306. The maximum atomic E-state index is 9.72. The van der Waals surface area contributed by atoms with Crippen LogP contribution in [0.3, 0.4) is 0 Å². The predicted octanol–water partition coefficient (Wildman–Crippen LogP) is -0.714. The van der Waals surface area contributed by atoms with Crippen LogP contribution in [0.15, 0.2) is 24.3 Å². The van der Waals surface area contributed by atoms with E-state index in [9.17, 15) is 19.8 Å². The van der Waals surface area contributed by atoms with Crippen LogP contribution in [-0.4, -0.2) is 11.9 Å². The smallest absolute Gasteiger partial charge is 0.545 e. The molecule has 0 aromatic rings. The lowest BCUT2D eigenvalue weighted by Crippen LogP contribution is -2.23. The van der Waals surface area contributed by atoms with Crippen LogP contribution >= 0.6 is 0 Å². The Labute approximate surface area is 89.0 Å². The predicted molar refractivity (Wildman–Crippen MR) is 49.6 cm³/mol. The number of hydrogen-bond donors (Lipinski definition) is 0. The first kappa shape index (κ1) is 19.0. The van der Waals surface area contributed by atoms with Crippen molar-refractivity contribution in [2.75, 3.05) is 0 Å². The van der Waals surface area contributed by atoms with Gasteiger partial charge in [-0.3, -0.25) is 0 Å². The highest BCUT2D eigenvalue weighted by atomic mass is 16.4. The van der Waals surface area contributed by atoms with Gasteiger partial charge in [-0.15, -0.1) is 0 Å². The molecule has 0 N–H and O–H groups in total. The SMILES string of the molecule is C=C(CC)C(=O)[O-].C=C(CC)C(=O)[O-].[O+2]. The molecule has 0 amide bonds. The minimum Gasteiger partial charge on any atom is -0.545 e. The fourth-order valence-corrected chi connectivity index (χ4v) is 0.289. The molecule has 0 saturated carbocycles. The number of aliphatic carboxylic acids is 2. The molecule has 0 spiro atoms. The van der Waals surface area contributed by atoms with Gasteiger partial charge in [0.1, 0.15) is 0 Å². The molecule has 0 rings (SSSR count). The summed E-state index contributed by atoms with van der Waals surface area (Å²) in [5, 5.41) is 19.4. The molecule has 5 heteroatoms. The lowest BCUT2D eigenvalue weighted by molar-refractivity contribution is -0.300. The lowest BCUT2D eigenvalue weighted by Gasteiger charge is -1.98. The van der Waals surface area contributed by atoms with E-state index >= 15 is 0 Å². The summed E-state index contributed by atoms with van der Waals surface area (Å²) in [6, 6.07) is 0.